The van der Waals surface area contributed by atoms with Crippen LogP contribution in [-0.2, 0) is 9.59 Å². The zero-order valence-corrected chi connectivity index (χ0v) is 20.7. The zero-order chi connectivity index (χ0) is 23.5. The number of rotatable bonds is 5. The number of benzene rings is 1. The fourth-order valence-corrected chi connectivity index (χ4v) is 7.72. The number of anilines is 1. The SMILES string of the molecule is Cc1ccc(N2CCN(C(C)(C)C(=O)NC3C4CC5CC3CC(C(=O)O)(C5)C4)CC2)c(Cl)c1. The summed E-state index contributed by atoms with van der Waals surface area (Å²) in [6.45, 7) is 9.34. The largest absolute Gasteiger partial charge is 0.481 e. The van der Waals surface area contributed by atoms with Crippen molar-refractivity contribution in [3.63, 3.8) is 0 Å². The number of carbonyl (C=O) groups is 2. The first-order valence-corrected chi connectivity index (χ1v) is 12.8. The van der Waals surface area contributed by atoms with Crippen LogP contribution in [0.3, 0.4) is 0 Å². The molecule has 1 aliphatic heterocycles. The molecule has 2 unspecified atom stereocenters. The zero-order valence-electron chi connectivity index (χ0n) is 19.9. The van der Waals surface area contributed by atoms with Crippen LogP contribution in [0, 0.1) is 30.1 Å². The van der Waals surface area contributed by atoms with E-state index in [1.54, 1.807) is 0 Å². The summed E-state index contributed by atoms with van der Waals surface area (Å²) in [5.41, 5.74) is 1.06. The molecule has 1 heterocycles. The van der Waals surface area contributed by atoms with Gasteiger partial charge < -0.3 is 15.3 Å². The van der Waals surface area contributed by atoms with Crippen LogP contribution >= 0.6 is 11.6 Å². The molecule has 1 aromatic rings. The molecule has 180 valence electrons. The van der Waals surface area contributed by atoms with Crippen LogP contribution in [0.25, 0.3) is 0 Å². The van der Waals surface area contributed by atoms with Crippen molar-refractivity contribution in [2.75, 3.05) is 31.1 Å². The molecule has 1 amide bonds. The molecular formula is C26H36ClN3O3. The summed E-state index contributed by atoms with van der Waals surface area (Å²) in [6, 6.07) is 6.29. The summed E-state index contributed by atoms with van der Waals surface area (Å²) in [4.78, 5) is 30.1. The fraction of sp³-hybridized carbons (Fsp3) is 0.692. The van der Waals surface area contributed by atoms with Crippen molar-refractivity contribution in [1.29, 1.82) is 0 Å². The average molecular weight is 474 g/mol. The van der Waals surface area contributed by atoms with E-state index in [0.29, 0.717) is 17.8 Å². The first-order valence-electron chi connectivity index (χ1n) is 12.4. The third-order valence-corrected chi connectivity index (χ3v) is 9.40. The standard InChI is InChI=1S/C26H36ClN3O3/c1-16-4-5-21(20(27)10-16)29-6-8-30(9-7-29)25(2,3)23(31)28-22-18-11-17-12-19(22)15-26(13-17,14-18)24(32)33/h4-5,10,17-19,22H,6-9,11-15H2,1-3H3,(H,28,31)(H,32,33). The van der Waals surface area contributed by atoms with Gasteiger partial charge in [0.25, 0.3) is 0 Å². The summed E-state index contributed by atoms with van der Waals surface area (Å²) in [6.07, 6.45) is 4.39. The highest BCUT2D eigenvalue weighted by molar-refractivity contribution is 6.33. The maximum absolute atomic E-state index is 13.5. The Bertz CT molecular complexity index is 940. The van der Waals surface area contributed by atoms with Gasteiger partial charge in [0.1, 0.15) is 0 Å². The van der Waals surface area contributed by atoms with Crippen LogP contribution in [0.5, 0.6) is 0 Å². The molecule has 6 nitrogen and oxygen atoms in total. The molecule has 5 fully saturated rings. The Balaban J connectivity index is 1.22. The third-order valence-electron chi connectivity index (χ3n) is 9.09. The van der Waals surface area contributed by atoms with Crippen molar-refractivity contribution in [1.82, 2.24) is 10.2 Å². The fourth-order valence-electron chi connectivity index (χ4n) is 7.37. The van der Waals surface area contributed by atoms with E-state index in [-0.39, 0.29) is 11.9 Å². The maximum Gasteiger partial charge on any atom is 0.309 e. The molecule has 2 atom stereocenters. The lowest BCUT2D eigenvalue weighted by Crippen LogP contribution is -2.66. The predicted octanol–water partition coefficient (Wildman–Crippen LogP) is 3.94. The number of aliphatic carboxylic acids is 1. The molecule has 33 heavy (non-hydrogen) atoms. The van der Waals surface area contributed by atoms with Crippen molar-refractivity contribution in [2.24, 2.45) is 23.2 Å². The highest BCUT2D eigenvalue weighted by Gasteiger charge is 2.59. The van der Waals surface area contributed by atoms with Gasteiger partial charge >= 0.3 is 5.97 Å². The lowest BCUT2D eigenvalue weighted by Gasteiger charge is -2.58. The molecular weight excluding hydrogens is 438 g/mol. The van der Waals surface area contributed by atoms with Crippen molar-refractivity contribution in [3.8, 4) is 0 Å². The summed E-state index contributed by atoms with van der Waals surface area (Å²) < 4.78 is 0. The van der Waals surface area contributed by atoms with E-state index in [0.717, 1.165) is 74.6 Å². The number of carboxylic acids is 1. The smallest absolute Gasteiger partial charge is 0.309 e. The Morgan fingerprint density at radius 3 is 2.30 bits per heavy atom. The van der Waals surface area contributed by atoms with Crippen molar-refractivity contribution >= 4 is 29.2 Å². The van der Waals surface area contributed by atoms with Gasteiger partial charge in [0.05, 0.1) is 21.7 Å². The molecule has 4 aliphatic carbocycles. The molecule has 0 aromatic heterocycles. The number of nitrogens with zero attached hydrogens (tertiary/aromatic N) is 2. The predicted molar refractivity (Wildman–Crippen MR) is 130 cm³/mol. The van der Waals surface area contributed by atoms with Crippen LogP contribution < -0.4 is 10.2 Å². The van der Waals surface area contributed by atoms with E-state index in [2.05, 4.69) is 27.2 Å². The van der Waals surface area contributed by atoms with E-state index in [1.165, 1.54) is 0 Å². The number of carbonyl (C=O) groups excluding carboxylic acids is 1. The van der Waals surface area contributed by atoms with Gasteiger partial charge in [-0.15, -0.1) is 0 Å². The summed E-state index contributed by atoms with van der Waals surface area (Å²) in [7, 11) is 0. The van der Waals surface area contributed by atoms with E-state index < -0.39 is 16.9 Å². The number of aryl methyl sites for hydroxylation is 1. The minimum Gasteiger partial charge on any atom is -0.481 e. The first kappa shape index (κ1) is 23.0. The van der Waals surface area contributed by atoms with Crippen LogP contribution in [0.2, 0.25) is 5.02 Å². The van der Waals surface area contributed by atoms with E-state index >= 15 is 0 Å². The second kappa shape index (κ2) is 8.16. The van der Waals surface area contributed by atoms with Crippen molar-refractivity contribution in [3.05, 3.63) is 28.8 Å². The number of halogens is 1. The summed E-state index contributed by atoms with van der Waals surface area (Å²) in [5.74, 6) is 0.561. The summed E-state index contributed by atoms with van der Waals surface area (Å²) >= 11 is 6.48. The molecule has 4 saturated carbocycles. The monoisotopic (exact) mass is 473 g/mol. The van der Waals surface area contributed by atoms with E-state index in [1.807, 2.05) is 26.8 Å². The molecule has 7 heteroatoms. The highest BCUT2D eigenvalue weighted by atomic mass is 35.5. The number of piperazine rings is 1. The molecule has 2 N–H and O–H groups in total. The molecule has 0 radical (unpaired) electrons. The van der Waals surface area contributed by atoms with Gasteiger partial charge in [-0.3, -0.25) is 14.5 Å². The Labute approximate surface area is 201 Å². The van der Waals surface area contributed by atoms with Gasteiger partial charge in [0, 0.05) is 32.2 Å². The Morgan fingerprint density at radius 1 is 1.09 bits per heavy atom. The van der Waals surface area contributed by atoms with Gasteiger partial charge in [0.15, 0.2) is 0 Å². The maximum atomic E-state index is 13.5. The van der Waals surface area contributed by atoms with Crippen LogP contribution in [-0.4, -0.2) is 59.6 Å². The number of hydrogen-bond acceptors (Lipinski definition) is 4. The highest BCUT2D eigenvalue weighted by Crippen LogP contribution is 2.60. The number of hydrogen-bond donors (Lipinski definition) is 2. The lowest BCUT2D eigenvalue weighted by atomic mass is 9.48. The number of amides is 1. The Morgan fingerprint density at radius 2 is 1.73 bits per heavy atom. The van der Waals surface area contributed by atoms with Crippen molar-refractivity contribution < 1.29 is 14.7 Å². The molecule has 1 aromatic carbocycles. The van der Waals surface area contributed by atoms with Gasteiger partial charge in [-0.2, -0.15) is 0 Å². The van der Waals surface area contributed by atoms with E-state index in [9.17, 15) is 14.7 Å². The number of carboxylic acid groups (broad SMARTS) is 1. The molecule has 1 saturated heterocycles. The minimum absolute atomic E-state index is 0.0752. The van der Waals surface area contributed by atoms with Gasteiger partial charge in [0.2, 0.25) is 5.91 Å². The van der Waals surface area contributed by atoms with Crippen LogP contribution in [0.4, 0.5) is 5.69 Å². The van der Waals surface area contributed by atoms with Gasteiger partial charge in [-0.1, -0.05) is 17.7 Å². The second-order valence-corrected chi connectivity index (χ2v) is 11.9. The molecule has 4 bridgehead atoms. The second-order valence-electron chi connectivity index (χ2n) is 11.5. The Kier molecular flexibility index (Phi) is 5.68. The Hall–Kier alpha value is -1.79. The molecule has 5 aliphatic rings. The number of nitrogens with one attached hydrogen (secondary N) is 1. The lowest BCUT2D eigenvalue weighted by molar-refractivity contribution is -0.168. The van der Waals surface area contributed by atoms with Gasteiger partial charge in [-0.05, 0) is 88.3 Å². The van der Waals surface area contributed by atoms with Crippen molar-refractivity contribution in [2.45, 2.75) is 64.5 Å². The topological polar surface area (TPSA) is 72.9 Å². The van der Waals surface area contributed by atoms with Crippen LogP contribution in [0.1, 0.15) is 51.5 Å². The van der Waals surface area contributed by atoms with E-state index in [4.69, 9.17) is 11.6 Å². The quantitative estimate of drug-likeness (QED) is 0.677. The first-order chi connectivity index (χ1) is 15.6. The third kappa shape index (κ3) is 3.93. The normalized spacial score (nSPS) is 33.9. The van der Waals surface area contributed by atoms with Crippen LogP contribution in [0.15, 0.2) is 18.2 Å². The molecule has 6 rings (SSSR count). The minimum atomic E-state index is -0.626. The average Bonchev–Trinajstić information content (AvgIpc) is 2.75. The summed E-state index contributed by atoms with van der Waals surface area (Å²) in [5, 5.41) is 14.1. The molecule has 0 spiro atoms. The van der Waals surface area contributed by atoms with Gasteiger partial charge in [-0.25, -0.2) is 0 Å².